The predicted molar refractivity (Wildman–Crippen MR) is 103 cm³/mol. The second-order valence-electron chi connectivity index (χ2n) is 5.17. The molecule has 0 spiro atoms. The number of halogens is 2. The average molecular weight is 467 g/mol. The molecule has 0 bridgehead atoms. The molecule has 1 aromatic heterocycles. The van der Waals surface area contributed by atoms with Crippen molar-refractivity contribution in [1.29, 1.82) is 0 Å². The largest absolute Gasteiger partial charge is 0.326 e. The van der Waals surface area contributed by atoms with E-state index in [0.29, 0.717) is 15.4 Å². The molecule has 0 saturated carbocycles. The number of hydrogen-bond acceptors (Lipinski definition) is 5. The fourth-order valence-electron chi connectivity index (χ4n) is 2.33. The highest BCUT2D eigenvalue weighted by molar-refractivity contribution is 9.11. The molecule has 0 aliphatic carbocycles. The lowest BCUT2D eigenvalue weighted by atomic mass is 10.2. The van der Waals surface area contributed by atoms with Gasteiger partial charge in [0.1, 0.15) is 6.54 Å². The molecule has 0 radical (unpaired) electrons. The molecule has 3 aromatic rings. The molecular formula is C16H13Br2N5O2. The van der Waals surface area contributed by atoms with Crippen molar-refractivity contribution in [2.75, 3.05) is 5.32 Å². The molecule has 128 valence electrons. The molecule has 1 heterocycles. The molecule has 0 unspecified atom stereocenters. The van der Waals surface area contributed by atoms with Gasteiger partial charge in [-0.15, -0.1) is 0 Å². The fourth-order valence-corrected chi connectivity index (χ4v) is 3.65. The first kappa shape index (κ1) is 17.6. The number of para-hydroxylation sites is 1. The van der Waals surface area contributed by atoms with Crippen LogP contribution in [-0.2, 0) is 11.3 Å². The van der Waals surface area contributed by atoms with Crippen LogP contribution in [0.1, 0.15) is 0 Å². The first-order valence-electron chi connectivity index (χ1n) is 7.20. The summed E-state index contributed by atoms with van der Waals surface area (Å²) in [7, 11) is 0. The van der Waals surface area contributed by atoms with Crippen LogP contribution in [0.5, 0.6) is 0 Å². The van der Waals surface area contributed by atoms with E-state index in [1.165, 1.54) is 4.57 Å². The van der Waals surface area contributed by atoms with Gasteiger partial charge in [-0.1, -0.05) is 34.1 Å². The van der Waals surface area contributed by atoms with Gasteiger partial charge in [0.25, 0.3) is 11.5 Å². The third-order valence-corrected chi connectivity index (χ3v) is 4.53. The molecule has 9 heteroatoms. The first-order chi connectivity index (χ1) is 12.0. The van der Waals surface area contributed by atoms with Gasteiger partial charge >= 0.3 is 0 Å². The molecular weight excluding hydrogens is 454 g/mol. The van der Waals surface area contributed by atoms with Crippen molar-refractivity contribution < 1.29 is 4.79 Å². The number of rotatable bonds is 4. The number of anilines is 2. The Morgan fingerprint density at radius 3 is 2.60 bits per heavy atom. The highest BCUT2D eigenvalue weighted by Crippen LogP contribution is 2.27. The van der Waals surface area contributed by atoms with Gasteiger partial charge in [-0.05, 0) is 40.2 Å². The van der Waals surface area contributed by atoms with Crippen LogP contribution < -0.4 is 22.1 Å². The van der Waals surface area contributed by atoms with Crippen molar-refractivity contribution in [2.45, 2.75) is 6.54 Å². The van der Waals surface area contributed by atoms with Crippen LogP contribution in [0.3, 0.4) is 0 Å². The van der Waals surface area contributed by atoms with Crippen molar-refractivity contribution in [3.63, 3.8) is 0 Å². The predicted octanol–water partition coefficient (Wildman–Crippen LogP) is 2.66. The van der Waals surface area contributed by atoms with Gasteiger partial charge in [-0.25, -0.2) is 10.8 Å². The van der Waals surface area contributed by atoms with Gasteiger partial charge in [0.15, 0.2) is 0 Å². The average Bonchev–Trinajstić information content (AvgIpc) is 2.60. The molecule has 0 aliphatic rings. The first-order valence-corrected chi connectivity index (χ1v) is 8.79. The van der Waals surface area contributed by atoms with E-state index in [1.54, 1.807) is 12.1 Å². The minimum absolute atomic E-state index is 0.246. The minimum atomic E-state index is -0.506. The van der Waals surface area contributed by atoms with Crippen molar-refractivity contribution in [3.8, 4) is 0 Å². The van der Waals surface area contributed by atoms with Gasteiger partial charge in [0, 0.05) is 14.6 Å². The molecule has 25 heavy (non-hydrogen) atoms. The number of nitrogens with one attached hydrogen (secondary N) is 2. The van der Waals surface area contributed by atoms with Crippen molar-refractivity contribution >= 4 is 60.3 Å². The summed E-state index contributed by atoms with van der Waals surface area (Å²) in [6.07, 6.45) is 0. The molecule has 4 N–H and O–H groups in total. The summed E-state index contributed by atoms with van der Waals surface area (Å²) < 4.78 is 2.64. The Morgan fingerprint density at radius 1 is 1.20 bits per heavy atom. The smallest absolute Gasteiger partial charge is 0.263 e. The number of fused-ring (bicyclic) bond motifs is 1. The zero-order valence-corrected chi connectivity index (χ0v) is 16.0. The van der Waals surface area contributed by atoms with E-state index in [9.17, 15) is 9.59 Å². The zero-order chi connectivity index (χ0) is 18.0. The minimum Gasteiger partial charge on any atom is -0.326 e. The molecule has 2 aromatic carbocycles. The molecule has 0 fully saturated rings. The van der Waals surface area contributed by atoms with E-state index in [4.69, 9.17) is 5.84 Å². The van der Waals surface area contributed by atoms with Crippen LogP contribution in [0, 0.1) is 0 Å². The Kier molecular flexibility index (Phi) is 5.16. The van der Waals surface area contributed by atoms with Gasteiger partial charge in [0.2, 0.25) is 5.95 Å². The summed E-state index contributed by atoms with van der Waals surface area (Å²) >= 11 is 6.78. The molecule has 3 rings (SSSR count). The Morgan fingerprint density at radius 2 is 1.92 bits per heavy atom. The number of nitrogens with zero attached hydrogens (tertiary/aromatic N) is 2. The van der Waals surface area contributed by atoms with E-state index in [2.05, 4.69) is 42.2 Å². The van der Waals surface area contributed by atoms with Gasteiger partial charge in [-0.2, -0.15) is 0 Å². The van der Waals surface area contributed by atoms with Crippen LogP contribution in [0.4, 0.5) is 11.6 Å². The summed E-state index contributed by atoms with van der Waals surface area (Å²) in [6, 6.07) is 12.7. The van der Waals surface area contributed by atoms with Crippen molar-refractivity contribution in [3.05, 3.63) is 61.8 Å². The Hall–Kier alpha value is -2.23. The molecule has 0 atom stereocenters. The lowest BCUT2D eigenvalue weighted by Crippen LogP contribution is -2.37. The van der Waals surface area contributed by atoms with E-state index < -0.39 is 5.91 Å². The number of amides is 1. The number of hydrogen-bond donors (Lipinski definition) is 3. The summed E-state index contributed by atoms with van der Waals surface area (Å²) in [4.78, 5) is 29.2. The van der Waals surface area contributed by atoms with Gasteiger partial charge in [0.05, 0.1) is 10.9 Å². The van der Waals surface area contributed by atoms with Crippen molar-refractivity contribution in [1.82, 2.24) is 15.0 Å². The maximum atomic E-state index is 12.9. The number of benzene rings is 2. The molecule has 1 amide bonds. The van der Waals surface area contributed by atoms with Gasteiger partial charge in [-0.3, -0.25) is 19.6 Å². The molecule has 0 saturated heterocycles. The third kappa shape index (κ3) is 3.73. The standard InChI is InChI=1S/C16H13Br2N5O2/c17-9-6-11-14(12(18)7-9)21-16(20-10-4-2-1-3-5-10)23(15(11)25)8-13(24)22-19/h1-7H,8,19H2,(H,20,21)(H,22,24). The quantitative estimate of drug-likeness (QED) is 0.311. The third-order valence-electron chi connectivity index (χ3n) is 3.47. The monoisotopic (exact) mass is 465 g/mol. The Balaban J connectivity index is 2.23. The number of hydrazine groups is 1. The van der Waals surface area contributed by atoms with Crippen LogP contribution in [0.25, 0.3) is 10.9 Å². The summed E-state index contributed by atoms with van der Waals surface area (Å²) in [5, 5.41) is 3.45. The molecule has 0 aliphatic heterocycles. The summed E-state index contributed by atoms with van der Waals surface area (Å²) in [5.74, 6) is 4.90. The number of carbonyl (C=O) groups is 1. The maximum absolute atomic E-state index is 12.9. The van der Waals surface area contributed by atoms with Crippen molar-refractivity contribution in [2.24, 2.45) is 5.84 Å². The fraction of sp³-hybridized carbons (Fsp3) is 0.0625. The van der Waals surface area contributed by atoms with E-state index in [0.717, 1.165) is 10.2 Å². The normalized spacial score (nSPS) is 10.7. The lowest BCUT2D eigenvalue weighted by Gasteiger charge is -2.15. The van der Waals surface area contributed by atoms with Crippen LogP contribution in [-0.4, -0.2) is 15.5 Å². The highest BCUT2D eigenvalue weighted by Gasteiger charge is 2.16. The zero-order valence-electron chi connectivity index (χ0n) is 12.8. The van der Waals surface area contributed by atoms with Crippen LogP contribution >= 0.6 is 31.9 Å². The number of aromatic nitrogens is 2. The molecule has 7 nitrogen and oxygen atoms in total. The number of carbonyl (C=O) groups excluding carboxylic acids is 1. The second kappa shape index (κ2) is 7.34. The number of nitrogens with two attached hydrogens (primary N) is 1. The van der Waals surface area contributed by atoms with Crippen LogP contribution in [0.2, 0.25) is 0 Å². The SMILES string of the molecule is NNC(=O)Cn1c(Nc2ccccc2)nc2c(Br)cc(Br)cc2c1=O. The highest BCUT2D eigenvalue weighted by atomic mass is 79.9. The topological polar surface area (TPSA) is 102 Å². The van der Waals surface area contributed by atoms with Gasteiger partial charge < -0.3 is 5.32 Å². The summed E-state index contributed by atoms with van der Waals surface area (Å²) in [5.41, 5.74) is 2.91. The van der Waals surface area contributed by atoms with E-state index >= 15 is 0 Å². The Labute approximate surface area is 159 Å². The second-order valence-corrected chi connectivity index (χ2v) is 6.94. The van der Waals surface area contributed by atoms with E-state index in [-0.39, 0.29) is 18.1 Å². The lowest BCUT2D eigenvalue weighted by molar-refractivity contribution is -0.121. The van der Waals surface area contributed by atoms with Crippen LogP contribution in [0.15, 0.2) is 56.2 Å². The maximum Gasteiger partial charge on any atom is 0.263 e. The summed E-state index contributed by atoms with van der Waals surface area (Å²) in [6.45, 7) is -0.252. The Bertz CT molecular complexity index is 1000. The van der Waals surface area contributed by atoms with E-state index in [1.807, 2.05) is 35.8 Å².